The van der Waals surface area contributed by atoms with Gasteiger partial charge in [0, 0.05) is 5.56 Å². The lowest BCUT2D eigenvalue weighted by atomic mass is 9.93. The molecule has 3 nitrogen and oxygen atoms in total. The SMILES string of the molecule is CC(C)[C@H]1Cc2ccc(C(=O)C(=O)O)cc2C1. The number of carbonyl (C=O) groups excluding carboxylic acids is 1. The van der Waals surface area contributed by atoms with Crippen LogP contribution < -0.4 is 0 Å². The molecule has 0 spiro atoms. The van der Waals surface area contributed by atoms with E-state index in [2.05, 4.69) is 13.8 Å². The first kappa shape index (κ1) is 11.8. The van der Waals surface area contributed by atoms with E-state index in [-0.39, 0.29) is 0 Å². The van der Waals surface area contributed by atoms with E-state index in [0.717, 1.165) is 18.4 Å². The molecule has 0 saturated heterocycles. The molecular formula is C14H16O3. The zero-order chi connectivity index (χ0) is 12.6. The van der Waals surface area contributed by atoms with Crippen molar-refractivity contribution in [1.82, 2.24) is 0 Å². The van der Waals surface area contributed by atoms with Crippen molar-refractivity contribution >= 4 is 11.8 Å². The van der Waals surface area contributed by atoms with E-state index >= 15 is 0 Å². The van der Waals surface area contributed by atoms with E-state index in [1.165, 1.54) is 5.56 Å². The van der Waals surface area contributed by atoms with E-state index in [0.29, 0.717) is 17.4 Å². The fourth-order valence-corrected chi connectivity index (χ4v) is 2.39. The molecule has 3 heteroatoms. The summed E-state index contributed by atoms with van der Waals surface area (Å²) in [6.07, 6.45) is 1.99. The molecule has 0 fully saturated rings. The molecule has 1 aliphatic rings. The third-order valence-electron chi connectivity index (χ3n) is 3.57. The molecule has 0 heterocycles. The first-order chi connectivity index (χ1) is 7.99. The minimum atomic E-state index is -1.39. The second-order valence-electron chi connectivity index (χ2n) is 5.03. The van der Waals surface area contributed by atoms with Gasteiger partial charge in [0.1, 0.15) is 0 Å². The van der Waals surface area contributed by atoms with Crippen LogP contribution in [0.4, 0.5) is 0 Å². The Hall–Kier alpha value is -1.64. The number of rotatable bonds is 3. The summed E-state index contributed by atoms with van der Waals surface area (Å²) in [7, 11) is 0. The monoisotopic (exact) mass is 232 g/mol. The highest BCUT2D eigenvalue weighted by atomic mass is 16.4. The predicted octanol–water partition coefficient (Wildman–Crippen LogP) is 2.32. The average molecular weight is 232 g/mol. The fourth-order valence-electron chi connectivity index (χ4n) is 2.39. The normalized spacial score (nSPS) is 18.2. The third-order valence-corrected chi connectivity index (χ3v) is 3.57. The summed E-state index contributed by atoms with van der Waals surface area (Å²) in [6, 6.07) is 5.26. The molecular weight excluding hydrogens is 216 g/mol. The van der Waals surface area contributed by atoms with Gasteiger partial charge < -0.3 is 5.11 Å². The zero-order valence-electron chi connectivity index (χ0n) is 10.1. The van der Waals surface area contributed by atoms with Gasteiger partial charge in [-0.25, -0.2) is 4.79 Å². The van der Waals surface area contributed by atoms with Crippen LogP contribution in [0.3, 0.4) is 0 Å². The van der Waals surface area contributed by atoms with E-state index in [4.69, 9.17) is 5.11 Å². The van der Waals surface area contributed by atoms with Gasteiger partial charge in [-0.15, -0.1) is 0 Å². The molecule has 1 aromatic carbocycles. The van der Waals surface area contributed by atoms with Gasteiger partial charge in [-0.05, 0) is 41.9 Å². The Kier molecular flexibility index (Phi) is 3.01. The number of aliphatic carboxylic acids is 1. The van der Waals surface area contributed by atoms with Crippen molar-refractivity contribution in [2.24, 2.45) is 11.8 Å². The quantitative estimate of drug-likeness (QED) is 0.642. The van der Waals surface area contributed by atoms with Gasteiger partial charge in [-0.3, -0.25) is 4.79 Å². The van der Waals surface area contributed by atoms with Gasteiger partial charge in [0.15, 0.2) is 0 Å². The number of hydrogen-bond donors (Lipinski definition) is 1. The second kappa shape index (κ2) is 4.32. The molecule has 1 aromatic rings. The number of fused-ring (bicyclic) bond motifs is 1. The van der Waals surface area contributed by atoms with Gasteiger partial charge >= 0.3 is 5.97 Å². The van der Waals surface area contributed by atoms with Crippen molar-refractivity contribution in [2.45, 2.75) is 26.7 Å². The van der Waals surface area contributed by atoms with Crippen LogP contribution in [0.2, 0.25) is 0 Å². The van der Waals surface area contributed by atoms with E-state index in [1.807, 2.05) is 6.07 Å². The van der Waals surface area contributed by atoms with Crippen molar-refractivity contribution in [2.75, 3.05) is 0 Å². The number of Topliss-reactive ketones (excluding diaryl/α,β-unsaturated/α-hetero) is 1. The topological polar surface area (TPSA) is 54.4 Å². The molecule has 1 aliphatic carbocycles. The molecule has 0 aromatic heterocycles. The van der Waals surface area contributed by atoms with Crippen molar-refractivity contribution in [3.8, 4) is 0 Å². The van der Waals surface area contributed by atoms with Crippen LogP contribution in [-0.2, 0) is 17.6 Å². The lowest BCUT2D eigenvalue weighted by Crippen LogP contribution is -2.12. The van der Waals surface area contributed by atoms with Gasteiger partial charge in [0.05, 0.1) is 0 Å². The molecule has 1 N–H and O–H groups in total. The van der Waals surface area contributed by atoms with Crippen LogP contribution in [0.5, 0.6) is 0 Å². The maximum absolute atomic E-state index is 11.4. The summed E-state index contributed by atoms with van der Waals surface area (Å²) in [5.74, 6) is -0.981. The highest BCUT2D eigenvalue weighted by molar-refractivity contribution is 6.39. The molecule has 90 valence electrons. The molecule has 1 atom stereocenters. The minimum Gasteiger partial charge on any atom is -0.475 e. The Morgan fingerprint density at radius 1 is 1.24 bits per heavy atom. The van der Waals surface area contributed by atoms with Gasteiger partial charge in [0.25, 0.3) is 5.78 Å². The first-order valence-electron chi connectivity index (χ1n) is 5.88. The summed E-state index contributed by atoms with van der Waals surface area (Å²) >= 11 is 0. The van der Waals surface area contributed by atoms with Crippen molar-refractivity contribution < 1.29 is 14.7 Å². The summed E-state index contributed by atoms with van der Waals surface area (Å²) in [5, 5.41) is 8.67. The Morgan fingerprint density at radius 3 is 2.47 bits per heavy atom. The highest BCUT2D eigenvalue weighted by Gasteiger charge is 2.25. The van der Waals surface area contributed by atoms with Crippen LogP contribution in [-0.4, -0.2) is 16.9 Å². The fraction of sp³-hybridized carbons (Fsp3) is 0.429. The molecule has 0 saturated carbocycles. The minimum absolute atomic E-state index is 0.292. The Morgan fingerprint density at radius 2 is 1.88 bits per heavy atom. The predicted molar refractivity (Wildman–Crippen MR) is 64.1 cm³/mol. The summed E-state index contributed by atoms with van der Waals surface area (Å²) in [5.41, 5.74) is 2.68. The molecule has 0 aliphatic heterocycles. The summed E-state index contributed by atoms with van der Waals surface area (Å²) < 4.78 is 0. The number of carboxylic acids is 1. The number of carbonyl (C=O) groups is 2. The van der Waals surface area contributed by atoms with Crippen molar-refractivity contribution in [1.29, 1.82) is 0 Å². The molecule has 17 heavy (non-hydrogen) atoms. The average Bonchev–Trinajstić information content (AvgIpc) is 2.70. The van der Waals surface area contributed by atoms with E-state index in [9.17, 15) is 9.59 Å². The van der Waals surface area contributed by atoms with Crippen molar-refractivity contribution in [3.05, 3.63) is 34.9 Å². The standard InChI is InChI=1S/C14H16O3/c1-8(2)11-5-9-3-4-10(6-12(9)7-11)13(15)14(16)17/h3-4,6,8,11H,5,7H2,1-2H3,(H,16,17)/t11-/m0/s1. The summed E-state index contributed by atoms with van der Waals surface area (Å²) in [6.45, 7) is 4.39. The van der Waals surface area contributed by atoms with Gasteiger partial charge in [0.2, 0.25) is 0 Å². The van der Waals surface area contributed by atoms with Crippen LogP contribution in [0.1, 0.15) is 35.3 Å². The van der Waals surface area contributed by atoms with Crippen LogP contribution in [0, 0.1) is 11.8 Å². The Bertz CT molecular complexity index is 474. The molecule has 0 unspecified atom stereocenters. The number of benzene rings is 1. The van der Waals surface area contributed by atoms with Crippen LogP contribution in [0.15, 0.2) is 18.2 Å². The summed E-state index contributed by atoms with van der Waals surface area (Å²) in [4.78, 5) is 22.0. The maximum Gasteiger partial charge on any atom is 0.377 e. The lowest BCUT2D eigenvalue weighted by Gasteiger charge is -2.12. The molecule has 0 bridgehead atoms. The molecule has 0 amide bonds. The maximum atomic E-state index is 11.4. The van der Waals surface area contributed by atoms with Gasteiger partial charge in [-0.2, -0.15) is 0 Å². The Balaban J connectivity index is 2.27. The smallest absolute Gasteiger partial charge is 0.377 e. The van der Waals surface area contributed by atoms with Crippen molar-refractivity contribution in [3.63, 3.8) is 0 Å². The van der Waals surface area contributed by atoms with Crippen LogP contribution in [0.25, 0.3) is 0 Å². The first-order valence-corrected chi connectivity index (χ1v) is 5.88. The largest absolute Gasteiger partial charge is 0.475 e. The number of carboxylic acid groups (broad SMARTS) is 1. The zero-order valence-corrected chi connectivity index (χ0v) is 10.1. The Labute approximate surface area is 100 Å². The number of ketones is 1. The number of hydrogen-bond acceptors (Lipinski definition) is 2. The van der Waals surface area contributed by atoms with E-state index in [1.54, 1.807) is 12.1 Å². The highest BCUT2D eigenvalue weighted by Crippen LogP contribution is 2.32. The third kappa shape index (κ3) is 2.23. The lowest BCUT2D eigenvalue weighted by molar-refractivity contribution is -0.131. The molecule has 2 rings (SSSR count). The molecule has 0 radical (unpaired) electrons. The van der Waals surface area contributed by atoms with E-state index < -0.39 is 11.8 Å². The second-order valence-corrected chi connectivity index (χ2v) is 5.03. The van der Waals surface area contributed by atoms with Gasteiger partial charge in [-0.1, -0.05) is 26.0 Å². The van der Waals surface area contributed by atoms with Crippen LogP contribution >= 0.6 is 0 Å².